The van der Waals surface area contributed by atoms with Crippen LogP contribution in [0.1, 0.15) is 47.5 Å². The van der Waals surface area contributed by atoms with E-state index in [9.17, 15) is 14.4 Å². The second-order valence-corrected chi connectivity index (χ2v) is 7.29. The Balaban J connectivity index is 2.99. The largest absolute Gasteiger partial charge is 0.451 e. The first kappa shape index (κ1) is 19.1. The zero-order valence-electron chi connectivity index (χ0n) is 14.6. The summed E-state index contributed by atoms with van der Waals surface area (Å²) in [6.07, 6.45) is -0.995. The fourth-order valence-electron chi connectivity index (χ4n) is 2.43. The van der Waals surface area contributed by atoms with Crippen LogP contribution in [-0.2, 0) is 23.9 Å². The number of ketones is 1. The van der Waals surface area contributed by atoms with Crippen molar-refractivity contribution < 1.29 is 23.9 Å². The SMILES string of the molecule is C=C(C)C(=O)OC1CC(C(C)(C)C)CC(OC(=O)C(=C)C)C1=O. The van der Waals surface area contributed by atoms with Crippen molar-refractivity contribution in [2.75, 3.05) is 0 Å². The van der Waals surface area contributed by atoms with Crippen molar-refractivity contribution in [1.29, 1.82) is 0 Å². The van der Waals surface area contributed by atoms with Gasteiger partial charge in [-0.2, -0.15) is 0 Å². The van der Waals surface area contributed by atoms with Crippen LogP contribution in [0.2, 0.25) is 0 Å². The van der Waals surface area contributed by atoms with Gasteiger partial charge in [-0.1, -0.05) is 33.9 Å². The van der Waals surface area contributed by atoms with Gasteiger partial charge in [0.1, 0.15) is 0 Å². The number of carbonyl (C=O) groups excluding carboxylic acids is 3. The predicted octanol–water partition coefficient (Wildman–Crippen LogP) is 2.99. The molecule has 1 saturated carbocycles. The van der Waals surface area contributed by atoms with Gasteiger partial charge in [-0.25, -0.2) is 9.59 Å². The maximum atomic E-state index is 12.5. The third-order valence-corrected chi connectivity index (χ3v) is 4.05. The third kappa shape index (κ3) is 5.05. The number of carbonyl (C=O) groups is 3. The first-order valence-electron chi connectivity index (χ1n) is 7.70. The number of esters is 2. The lowest BCUT2D eigenvalue weighted by Crippen LogP contribution is -2.47. The van der Waals surface area contributed by atoms with Gasteiger partial charge in [0.15, 0.2) is 12.2 Å². The molecular formula is C18H26O5. The number of ether oxygens (including phenoxy) is 2. The molecule has 5 nitrogen and oxygen atoms in total. The average Bonchev–Trinajstić information content (AvgIpc) is 2.41. The van der Waals surface area contributed by atoms with Crippen molar-refractivity contribution in [3.8, 4) is 0 Å². The van der Waals surface area contributed by atoms with Crippen molar-refractivity contribution in [2.24, 2.45) is 11.3 Å². The number of hydrogen-bond donors (Lipinski definition) is 0. The topological polar surface area (TPSA) is 69.7 Å². The lowest BCUT2D eigenvalue weighted by atomic mass is 9.70. The molecule has 1 fully saturated rings. The van der Waals surface area contributed by atoms with Gasteiger partial charge in [-0.05, 0) is 38.0 Å². The molecule has 0 heterocycles. The number of hydrogen-bond acceptors (Lipinski definition) is 5. The summed E-state index contributed by atoms with van der Waals surface area (Å²) in [6.45, 7) is 16.2. The second-order valence-electron chi connectivity index (χ2n) is 7.29. The van der Waals surface area contributed by atoms with E-state index >= 15 is 0 Å². The molecule has 0 aliphatic heterocycles. The quantitative estimate of drug-likeness (QED) is 0.588. The fourth-order valence-corrected chi connectivity index (χ4v) is 2.43. The third-order valence-electron chi connectivity index (χ3n) is 4.05. The summed E-state index contributed by atoms with van der Waals surface area (Å²) in [4.78, 5) is 36.0. The van der Waals surface area contributed by atoms with Gasteiger partial charge in [-0.15, -0.1) is 0 Å². The molecule has 0 aromatic rings. The van der Waals surface area contributed by atoms with Gasteiger partial charge in [-0.3, -0.25) is 4.79 Å². The Morgan fingerprint density at radius 1 is 0.957 bits per heavy atom. The maximum Gasteiger partial charge on any atom is 0.333 e. The molecule has 1 rings (SSSR count). The van der Waals surface area contributed by atoms with E-state index in [1.807, 2.05) is 20.8 Å². The van der Waals surface area contributed by atoms with Crippen LogP contribution in [0.15, 0.2) is 24.3 Å². The molecule has 0 aromatic carbocycles. The van der Waals surface area contributed by atoms with Gasteiger partial charge in [0.2, 0.25) is 5.78 Å². The predicted molar refractivity (Wildman–Crippen MR) is 86.6 cm³/mol. The fraction of sp³-hybridized carbons (Fsp3) is 0.611. The lowest BCUT2D eigenvalue weighted by Gasteiger charge is -2.39. The van der Waals surface area contributed by atoms with E-state index in [2.05, 4.69) is 13.2 Å². The molecule has 0 radical (unpaired) electrons. The first-order chi connectivity index (χ1) is 10.4. The molecule has 0 amide bonds. The van der Waals surface area contributed by atoms with Crippen LogP contribution in [0, 0.1) is 11.3 Å². The summed E-state index contributed by atoms with van der Waals surface area (Å²) in [7, 11) is 0. The molecular weight excluding hydrogens is 296 g/mol. The highest BCUT2D eigenvalue weighted by Crippen LogP contribution is 2.39. The summed E-state index contributed by atoms with van der Waals surface area (Å²) in [6, 6.07) is 0. The van der Waals surface area contributed by atoms with Crippen molar-refractivity contribution in [3.05, 3.63) is 24.3 Å². The summed E-state index contributed by atoms with van der Waals surface area (Å²) in [5.74, 6) is -1.52. The minimum atomic E-state index is -0.917. The minimum absolute atomic E-state index is 0.0750. The van der Waals surface area contributed by atoms with Crippen molar-refractivity contribution in [3.63, 3.8) is 0 Å². The summed E-state index contributed by atoms with van der Waals surface area (Å²) < 4.78 is 10.5. The molecule has 2 unspecified atom stereocenters. The van der Waals surface area contributed by atoms with E-state index in [4.69, 9.17) is 9.47 Å². The first-order valence-corrected chi connectivity index (χ1v) is 7.70. The molecule has 0 N–H and O–H groups in total. The van der Waals surface area contributed by atoms with Crippen LogP contribution in [0.5, 0.6) is 0 Å². The Kier molecular flexibility index (Phi) is 5.92. The highest BCUT2D eigenvalue weighted by molar-refractivity contribution is 5.96. The van der Waals surface area contributed by atoms with Crippen molar-refractivity contribution in [2.45, 2.75) is 59.7 Å². The Labute approximate surface area is 137 Å². The molecule has 0 bridgehead atoms. The monoisotopic (exact) mass is 322 g/mol. The number of rotatable bonds is 4. The molecule has 2 atom stereocenters. The van der Waals surface area contributed by atoms with Gasteiger partial charge in [0.25, 0.3) is 0 Å². The molecule has 0 saturated heterocycles. The summed E-state index contributed by atoms with van der Waals surface area (Å²) in [5.41, 5.74) is 0.347. The lowest BCUT2D eigenvalue weighted by molar-refractivity contribution is -0.168. The number of Topliss-reactive ketones (excluding diaryl/α,β-unsaturated/α-hetero) is 1. The highest BCUT2D eigenvalue weighted by Gasteiger charge is 2.44. The minimum Gasteiger partial charge on any atom is -0.451 e. The molecule has 128 valence electrons. The molecule has 0 spiro atoms. The Morgan fingerprint density at radius 3 is 1.57 bits per heavy atom. The molecule has 1 aliphatic rings. The maximum absolute atomic E-state index is 12.5. The van der Waals surface area contributed by atoms with E-state index in [-0.39, 0.29) is 28.3 Å². The van der Waals surface area contributed by atoms with Gasteiger partial charge in [0, 0.05) is 11.1 Å². The van der Waals surface area contributed by atoms with Crippen LogP contribution < -0.4 is 0 Å². The van der Waals surface area contributed by atoms with E-state index < -0.39 is 24.1 Å². The van der Waals surface area contributed by atoms with E-state index in [0.29, 0.717) is 12.8 Å². The van der Waals surface area contributed by atoms with Crippen LogP contribution in [0.25, 0.3) is 0 Å². The molecule has 1 aliphatic carbocycles. The Morgan fingerprint density at radius 2 is 1.30 bits per heavy atom. The second kappa shape index (κ2) is 7.11. The molecule has 23 heavy (non-hydrogen) atoms. The van der Waals surface area contributed by atoms with Gasteiger partial charge < -0.3 is 9.47 Å². The standard InChI is InChI=1S/C18H26O5/c1-10(2)16(20)22-13-8-12(18(5,6)7)9-14(15(13)19)23-17(21)11(3)4/h12-14H,1,3,8-9H2,2,4-7H3. The summed E-state index contributed by atoms with van der Waals surface area (Å²) >= 11 is 0. The zero-order valence-corrected chi connectivity index (χ0v) is 14.6. The smallest absolute Gasteiger partial charge is 0.333 e. The van der Waals surface area contributed by atoms with Crippen LogP contribution in [-0.4, -0.2) is 29.9 Å². The van der Waals surface area contributed by atoms with E-state index in [1.165, 1.54) is 13.8 Å². The Hall–Kier alpha value is -1.91. The normalized spacial score (nSPS) is 24.7. The molecule has 0 aromatic heterocycles. The Bertz CT molecular complexity index is 498. The van der Waals surface area contributed by atoms with Crippen LogP contribution >= 0.6 is 0 Å². The summed E-state index contributed by atoms with van der Waals surface area (Å²) in [5, 5.41) is 0. The average molecular weight is 322 g/mol. The van der Waals surface area contributed by atoms with Gasteiger partial charge >= 0.3 is 11.9 Å². The van der Waals surface area contributed by atoms with Crippen molar-refractivity contribution >= 4 is 17.7 Å². The highest BCUT2D eigenvalue weighted by atomic mass is 16.6. The van der Waals surface area contributed by atoms with Crippen LogP contribution in [0.4, 0.5) is 0 Å². The van der Waals surface area contributed by atoms with Crippen LogP contribution in [0.3, 0.4) is 0 Å². The zero-order chi connectivity index (χ0) is 17.9. The van der Waals surface area contributed by atoms with Crippen molar-refractivity contribution in [1.82, 2.24) is 0 Å². The van der Waals surface area contributed by atoms with E-state index in [0.717, 1.165) is 0 Å². The van der Waals surface area contributed by atoms with E-state index in [1.54, 1.807) is 0 Å². The molecule has 5 heteroatoms. The van der Waals surface area contributed by atoms with Gasteiger partial charge in [0.05, 0.1) is 0 Å².